The Morgan fingerprint density at radius 1 is 1.44 bits per heavy atom. The number of thiazole rings is 1. The van der Waals surface area contributed by atoms with Crippen molar-refractivity contribution >= 4 is 11.3 Å². The monoisotopic (exact) mass is 231 g/mol. The van der Waals surface area contributed by atoms with Crippen LogP contribution in [0.5, 0.6) is 0 Å². The van der Waals surface area contributed by atoms with Crippen molar-refractivity contribution in [1.82, 2.24) is 15.3 Å². The molecular formula is C12H13N3S. The fourth-order valence-electron chi connectivity index (χ4n) is 1.95. The van der Waals surface area contributed by atoms with Gasteiger partial charge in [-0.3, -0.25) is 4.98 Å². The van der Waals surface area contributed by atoms with E-state index in [9.17, 15) is 0 Å². The molecule has 16 heavy (non-hydrogen) atoms. The fourth-order valence-corrected chi connectivity index (χ4v) is 3.12. The summed E-state index contributed by atoms with van der Waals surface area (Å²) in [6.45, 7) is 4.10. The molecule has 4 heteroatoms. The molecule has 0 saturated heterocycles. The number of pyridine rings is 1. The summed E-state index contributed by atoms with van der Waals surface area (Å²) in [6.07, 6.45) is 4.78. The van der Waals surface area contributed by atoms with Crippen LogP contribution in [0.2, 0.25) is 0 Å². The lowest BCUT2D eigenvalue weighted by atomic mass is 10.1. The summed E-state index contributed by atoms with van der Waals surface area (Å²) in [7, 11) is 0. The maximum atomic E-state index is 4.73. The van der Waals surface area contributed by atoms with Gasteiger partial charge in [0.15, 0.2) is 0 Å². The molecule has 0 aliphatic carbocycles. The van der Waals surface area contributed by atoms with E-state index < -0.39 is 0 Å². The molecule has 82 valence electrons. The fraction of sp³-hybridized carbons (Fsp3) is 0.333. The summed E-state index contributed by atoms with van der Waals surface area (Å²) < 4.78 is 0. The predicted molar refractivity (Wildman–Crippen MR) is 65.5 cm³/mol. The molecule has 0 saturated carbocycles. The van der Waals surface area contributed by atoms with E-state index in [1.165, 1.54) is 21.7 Å². The van der Waals surface area contributed by atoms with Crippen LogP contribution in [-0.4, -0.2) is 16.5 Å². The molecule has 0 bridgehead atoms. The van der Waals surface area contributed by atoms with Crippen LogP contribution >= 0.6 is 11.3 Å². The molecule has 1 aliphatic rings. The second-order valence-electron chi connectivity index (χ2n) is 4.01. The first-order valence-electron chi connectivity index (χ1n) is 5.45. The van der Waals surface area contributed by atoms with Crippen LogP contribution in [-0.2, 0) is 13.0 Å². The molecule has 2 aromatic heterocycles. The molecule has 0 unspecified atom stereocenters. The van der Waals surface area contributed by atoms with E-state index in [4.69, 9.17) is 4.98 Å². The molecule has 0 fully saturated rings. The van der Waals surface area contributed by atoms with Gasteiger partial charge in [-0.2, -0.15) is 0 Å². The Morgan fingerprint density at radius 2 is 2.38 bits per heavy atom. The smallest absolute Gasteiger partial charge is 0.124 e. The Morgan fingerprint density at radius 3 is 3.19 bits per heavy atom. The maximum Gasteiger partial charge on any atom is 0.124 e. The summed E-state index contributed by atoms with van der Waals surface area (Å²) in [6, 6.07) is 2.05. The van der Waals surface area contributed by atoms with Gasteiger partial charge in [-0.05, 0) is 18.6 Å². The van der Waals surface area contributed by atoms with Crippen LogP contribution in [0.3, 0.4) is 0 Å². The molecule has 3 nitrogen and oxygen atoms in total. The SMILES string of the molecule is Cc1cnccc1-c1nc2c(s1)CNCC2. The van der Waals surface area contributed by atoms with E-state index in [-0.39, 0.29) is 0 Å². The second-order valence-corrected chi connectivity index (χ2v) is 5.09. The minimum atomic E-state index is 0.969. The Kier molecular flexibility index (Phi) is 2.46. The van der Waals surface area contributed by atoms with Crippen molar-refractivity contribution in [3.63, 3.8) is 0 Å². The van der Waals surface area contributed by atoms with Crippen LogP contribution in [0, 0.1) is 6.92 Å². The van der Waals surface area contributed by atoms with Gasteiger partial charge in [0.25, 0.3) is 0 Å². The topological polar surface area (TPSA) is 37.8 Å². The van der Waals surface area contributed by atoms with Gasteiger partial charge >= 0.3 is 0 Å². The van der Waals surface area contributed by atoms with Gasteiger partial charge in [0.1, 0.15) is 5.01 Å². The molecule has 0 amide bonds. The highest BCUT2D eigenvalue weighted by Crippen LogP contribution is 2.31. The highest BCUT2D eigenvalue weighted by molar-refractivity contribution is 7.15. The van der Waals surface area contributed by atoms with Crippen molar-refractivity contribution in [2.75, 3.05) is 6.54 Å². The lowest BCUT2D eigenvalue weighted by Gasteiger charge is -2.09. The van der Waals surface area contributed by atoms with Crippen molar-refractivity contribution in [2.24, 2.45) is 0 Å². The molecule has 0 spiro atoms. The molecule has 2 aromatic rings. The summed E-state index contributed by atoms with van der Waals surface area (Å²) in [5, 5.41) is 4.51. The summed E-state index contributed by atoms with van der Waals surface area (Å²) in [4.78, 5) is 10.2. The highest BCUT2D eigenvalue weighted by Gasteiger charge is 2.16. The molecule has 0 aromatic carbocycles. The number of fused-ring (bicyclic) bond motifs is 1. The van der Waals surface area contributed by atoms with E-state index in [1.807, 2.05) is 18.5 Å². The van der Waals surface area contributed by atoms with Crippen LogP contribution in [0.4, 0.5) is 0 Å². The van der Waals surface area contributed by atoms with Crippen molar-refractivity contribution in [3.05, 3.63) is 34.6 Å². The lowest BCUT2D eigenvalue weighted by molar-refractivity contribution is 0.644. The summed E-state index contributed by atoms with van der Waals surface area (Å²) in [5.74, 6) is 0. The van der Waals surface area contributed by atoms with Gasteiger partial charge in [0.05, 0.1) is 5.69 Å². The zero-order valence-electron chi connectivity index (χ0n) is 9.16. The van der Waals surface area contributed by atoms with Gasteiger partial charge in [-0.1, -0.05) is 0 Å². The summed E-state index contributed by atoms with van der Waals surface area (Å²) >= 11 is 1.80. The first-order valence-corrected chi connectivity index (χ1v) is 6.26. The van der Waals surface area contributed by atoms with E-state index in [2.05, 4.69) is 17.2 Å². The lowest BCUT2D eigenvalue weighted by Crippen LogP contribution is -2.22. The number of rotatable bonds is 1. The number of hydrogen-bond donors (Lipinski definition) is 1. The number of aryl methyl sites for hydroxylation is 1. The van der Waals surface area contributed by atoms with Gasteiger partial charge in [0, 0.05) is 42.3 Å². The molecule has 0 atom stereocenters. The quantitative estimate of drug-likeness (QED) is 0.817. The average molecular weight is 231 g/mol. The average Bonchev–Trinajstić information content (AvgIpc) is 2.73. The van der Waals surface area contributed by atoms with E-state index in [0.717, 1.165) is 24.5 Å². The molecule has 0 radical (unpaired) electrons. The molecular weight excluding hydrogens is 218 g/mol. The van der Waals surface area contributed by atoms with Crippen LogP contribution < -0.4 is 5.32 Å². The number of nitrogens with zero attached hydrogens (tertiary/aromatic N) is 2. The van der Waals surface area contributed by atoms with Gasteiger partial charge in [-0.15, -0.1) is 11.3 Å². The normalized spacial score (nSPS) is 14.8. The summed E-state index contributed by atoms with van der Waals surface area (Å²) in [5.41, 5.74) is 3.69. The molecule has 3 rings (SSSR count). The van der Waals surface area contributed by atoms with Crippen molar-refractivity contribution in [3.8, 4) is 10.6 Å². The zero-order chi connectivity index (χ0) is 11.0. The van der Waals surface area contributed by atoms with Crippen molar-refractivity contribution in [1.29, 1.82) is 0 Å². The largest absolute Gasteiger partial charge is 0.311 e. The third-order valence-electron chi connectivity index (χ3n) is 2.85. The molecule has 1 N–H and O–H groups in total. The van der Waals surface area contributed by atoms with E-state index in [1.54, 1.807) is 11.3 Å². The predicted octanol–water partition coefficient (Wildman–Crippen LogP) is 2.16. The number of aromatic nitrogens is 2. The number of hydrogen-bond acceptors (Lipinski definition) is 4. The first-order chi connectivity index (χ1) is 7.84. The standard InChI is InChI=1S/C12H13N3S/c1-8-6-13-4-2-9(8)12-15-10-3-5-14-7-11(10)16-12/h2,4,6,14H,3,5,7H2,1H3. The first kappa shape index (κ1) is 9.93. The van der Waals surface area contributed by atoms with Crippen LogP contribution in [0.15, 0.2) is 18.5 Å². The van der Waals surface area contributed by atoms with Gasteiger partial charge in [0.2, 0.25) is 0 Å². The minimum absolute atomic E-state index is 0.969. The Balaban J connectivity index is 2.07. The van der Waals surface area contributed by atoms with Crippen molar-refractivity contribution in [2.45, 2.75) is 19.9 Å². The zero-order valence-corrected chi connectivity index (χ0v) is 9.97. The number of nitrogens with one attached hydrogen (secondary N) is 1. The van der Waals surface area contributed by atoms with Crippen LogP contribution in [0.1, 0.15) is 16.1 Å². The maximum absolute atomic E-state index is 4.73. The van der Waals surface area contributed by atoms with Gasteiger partial charge in [-0.25, -0.2) is 4.98 Å². The molecule has 1 aliphatic heterocycles. The Hall–Kier alpha value is -1.26. The van der Waals surface area contributed by atoms with Gasteiger partial charge < -0.3 is 5.32 Å². The van der Waals surface area contributed by atoms with E-state index >= 15 is 0 Å². The second kappa shape index (κ2) is 3.96. The minimum Gasteiger partial charge on any atom is -0.311 e. The highest BCUT2D eigenvalue weighted by atomic mass is 32.1. The molecule has 3 heterocycles. The van der Waals surface area contributed by atoms with Crippen molar-refractivity contribution < 1.29 is 0 Å². The third kappa shape index (κ3) is 1.64. The van der Waals surface area contributed by atoms with E-state index in [0.29, 0.717) is 0 Å². The van der Waals surface area contributed by atoms with Crippen LogP contribution in [0.25, 0.3) is 10.6 Å². The Bertz CT molecular complexity index is 495. The Labute approximate surface area is 98.6 Å². The third-order valence-corrected chi connectivity index (χ3v) is 3.98.